The molecule has 1 saturated heterocycles. The Hall–Kier alpha value is -0.570. The van der Waals surface area contributed by atoms with Crippen LogP contribution in [0.25, 0.3) is 0 Å². The summed E-state index contributed by atoms with van der Waals surface area (Å²) in [4.78, 5) is 10.7. The monoisotopic (exact) mass is 184 g/mol. The van der Waals surface area contributed by atoms with Crippen LogP contribution in [0.4, 0.5) is 0 Å². The van der Waals surface area contributed by atoms with Crippen molar-refractivity contribution in [3.8, 4) is 0 Å². The molecule has 13 heavy (non-hydrogen) atoms. The van der Waals surface area contributed by atoms with Crippen molar-refractivity contribution in [3.05, 3.63) is 0 Å². The number of hydrogen-bond donors (Lipinski definition) is 2. The zero-order valence-electron chi connectivity index (χ0n) is 8.60. The molecule has 2 atom stereocenters. The summed E-state index contributed by atoms with van der Waals surface area (Å²) in [6, 6.07) is 0.489. The van der Waals surface area contributed by atoms with Gasteiger partial charge in [0.25, 0.3) is 0 Å². The Kier molecular flexibility index (Phi) is 4.22. The first-order valence-corrected chi connectivity index (χ1v) is 5.22. The Labute approximate surface area is 80.3 Å². The van der Waals surface area contributed by atoms with E-state index in [-0.39, 0.29) is 5.91 Å². The predicted molar refractivity (Wildman–Crippen MR) is 53.5 cm³/mol. The number of carbonyl (C=O) groups is 1. The molecule has 0 aromatic carbocycles. The van der Waals surface area contributed by atoms with Gasteiger partial charge in [0.2, 0.25) is 5.91 Å². The highest BCUT2D eigenvalue weighted by Crippen LogP contribution is 2.18. The standard InChI is InChI=1S/C10H20N2O/c1-3-9-5-4-6-11-10(9)7-12-8(2)13/h9-11H,3-7H2,1-2H3,(H,12,13). The van der Waals surface area contributed by atoms with E-state index in [2.05, 4.69) is 17.6 Å². The van der Waals surface area contributed by atoms with Crippen LogP contribution in [-0.4, -0.2) is 25.0 Å². The molecule has 3 heteroatoms. The second-order valence-corrected chi connectivity index (χ2v) is 3.81. The second-order valence-electron chi connectivity index (χ2n) is 3.81. The maximum atomic E-state index is 10.7. The van der Waals surface area contributed by atoms with Gasteiger partial charge >= 0.3 is 0 Å². The van der Waals surface area contributed by atoms with Crippen LogP contribution in [0.15, 0.2) is 0 Å². The molecule has 1 heterocycles. The van der Waals surface area contributed by atoms with E-state index in [1.807, 2.05) is 0 Å². The highest BCUT2D eigenvalue weighted by atomic mass is 16.1. The Morgan fingerprint density at radius 3 is 3.00 bits per heavy atom. The molecule has 76 valence electrons. The fraction of sp³-hybridized carbons (Fsp3) is 0.900. The lowest BCUT2D eigenvalue weighted by Gasteiger charge is -2.32. The van der Waals surface area contributed by atoms with Crippen molar-refractivity contribution in [3.63, 3.8) is 0 Å². The first-order valence-electron chi connectivity index (χ1n) is 5.22. The molecule has 2 unspecified atom stereocenters. The summed E-state index contributed by atoms with van der Waals surface area (Å²) < 4.78 is 0. The number of hydrogen-bond acceptors (Lipinski definition) is 2. The van der Waals surface area contributed by atoms with Gasteiger partial charge in [0.05, 0.1) is 0 Å². The Morgan fingerprint density at radius 2 is 2.38 bits per heavy atom. The van der Waals surface area contributed by atoms with Gasteiger partial charge in [0.1, 0.15) is 0 Å². The molecule has 0 aromatic rings. The molecule has 0 spiro atoms. The SMILES string of the molecule is CCC1CCCNC1CNC(C)=O. The number of nitrogens with one attached hydrogen (secondary N) is 2. The van der Waals surface area contributed by atoms with E-state index in [4.69, 9.17) is 0 Å². The van der Waals surface area contributed by atoms with Crippen molar-refractivity contribution in [2.24, 2.45) is 5.92 Å². The van der Waals surface area contributed by atoms with Gasteiger partial charge in [-0.3, -0.25) is 4.79 Å². The molecule has 1 aliphatic rings. The van der Waals surface area contributed by atoms with Crippen LogP contribution < -0.4 is 10.6 Å². The Balaban J connectivity index is 2.31. The number of carbonyl (C=O) groups excluding carboxylic acids is 1. The molecule has 0 radical (unpaired) electrons. The molecule has 2 N–H and O–H groups in total. The van der Waals surface area contributed by atoms with Gasteiger partial charge < -0.3 is 10.6 Å². The van der Waals surface area contributed by atoms with Crippen LogP contribution in [0.5, 0.6) is 0 Å². The molecule has 0 aromatic heterocycles. The highest BCUT2D eigenvalue weighted by Gasteiger charge is 2.22. The van der Waals surface area contributed by atoms with E-state index in [0.29, 0.717) is 6.04 Å². The summed E-state index contributed by atoms with van der Waals surface area (Å²) in [5.41, 5.74) is 0. The summed E-state index contributed by atoms with van der Waals surface area (Å²) in [7, 11) is 0. The first-order chi connectivity index (χ1) is 6.24. The van der Waals surface area contributed by atoms with E-state index < -0.39 is 0 Å². The topological polar surface area (TPSA) is 41.1 Å². The van der Waals surface area contributed by atoms with E-state index >= 15 is 0 Å². The molecule has 0 saturated carbocycles. The molecule has 0 aliphatic carbocycles. The average molecular weight is 184 g/mol. The van der Waals surface area contributed by atoms with Crippen LogP contribution in [-0.2, 0) is 4.79 Å². The first kappa shape index (κ1) is 10.5. The van der Waals surface area contributed by atoms with Gasteiger partial charge in [-0.2, -0.15) is 0 Å². The maximum absolute atomic E-state index is 10.7. The summed E-state index contributed by atoms with van der Waals surface area (Å²) in [6.45, 7) is 5.68. The lowest BCUT2D eigenvalue weighted by molar-refractivity contribution is -0.119. The molecular weight excluding hydrogens is 164 g/mol. The van der Waals surface area contributed by atoms with Gasteiger partial charge in [-0.25, -0.2) is 0 Å². The molecule has 0 bridgehead atoms. The second kappa shape index (κ2) is 5.22. The van der Waals surface area contributed by atoms with Gasteiger partial charge in [0.15, 0.2) is 0 Å². The molecule has 1 aliphatic heterocycles. The van der Waals surface area contributed by atoms with Crippen molar-refractivity contribution < 1.29 is 4.79 Å². The third-order valence-electron chi connectivity index (χ3n) is 2.82. The number of rotatable bonds is 3. The summed E-state index contributed by atoms with van der Waals surface area (Å²) >= 11 is 0. The minimum absolute atomic E-state index is 0.0715. The Bertz CT molecular complexity index is 170. The van der Waals surface area contributed by atoms with Gasteiger partial charge in [-0.15, -0.1) is 0 Å². The van der Waals surface area contributed by atoms with Crippen LogP contribution >= 0.6 is 0 Å². The smallest absolute Gasteiger partial charge is 0.216 e. The zero-order valence-corrected chi connectivity index (χ0v) is 8.60. The van der Waals surface area contributed by atoms with E-state index in [1.54, 1.807) is 6.92 Å². The fourth-order valence-corrected chi connectivity index (χ4v) is 2.00. The summed E-state index contributed by atoms with van der Waals surface area (Å²) in [5.74, 6) is 0.808. The van der Waals surface area contributed by atoms with Crippen molar-refractivity contribution in [1.29, 1.82) is 0 Å². The minimum atomic E-state index is 0.0715. The van der Waals surface area contributed by atoms with Gasteiger partial charge in [0, 0.05) is 19.5 Å². The maximum Gasteiger partial charge on any atom is 0.216 e. The summed E-state index contributed by atoms with van der Waals surface area (Å²) in [5, 5.41) is 6.34. The molecule has 1 amide bonds. The van der Waals surface area contributed by atoms with Crippen molar-refractivity contribution in [1.82, 2.24) is 10.6 Å². The lowest BCUT2D eigenvalue weighted by Crippen LogP contribution is -2.48. The summed E-state index contributed by atoms with van der Waals surface area (Å²) in [6.07, 6.45) is 3.78. The van der Waals surface area contributed by atoms with Gasteiger partial charge in [-0.1, -0.05) is 13.3 Å². The van der Waals surface area contributed by atoms with Crippen LogP contribution in [0.1, 0.15) is 33.1 Å². The van der Waals surface area contributed by atoms with Gasteiger partial charge in [-0.05, 0) is 25.3 Å². The predicted octanol–water partition coefficient (Wildman–Crippen LogP) is 0.901. The fourth-order valence-electron chi connectivity index (χ4n) is 2.00. The van der Waals surface area contributed by atoms with Crippen molar-refractivity contribution >= 4 is 5.91 Å². The molecule has 1 rings (SSSR count). The van der Waals surface area contributed by atoms with Crippen LogP contribution in [0.3, 0.4) is 0 Å². The van der Waals surface area contributed by atoms with Crippen LogP contribution in [0, 0.1) is 5.92 Å². The number of amides is 1. The van der Waals surface area contributed by atoms with E-state index in [0.717, 1.165) is 19.0 Å². The quantitative estimate of drug-likeness (QED) is 0.684. The zero-order chi connectivity index (χ0) is 9.68. The minimum Gasteiger partial charge on any atom is -0.355 e. The van der Waals surface area contributed by atoms with Crippen molar-refractivity contribution in [2.75, 3.05) is 13.1 Å². The lowest BCUT2D eigenvalue weighted by atomic mass is 9.89. The van der Waals surface area contributed by atoms with Crippen molar-refractivity contribution in [2.45, 2.75) is 39.2 Å². The molecule has 1 fully saturated rings. The average Bonchev–Trinajstić information content (AvgIpc) is 2.15. The molecular formula is C10H20N2O. The third kappa shape index (κ3) is 3.35. The largest absolute Gasteiger partial charge is 0.355 e. The highest BCUT2D eigenvalue weighted by molar-refractivity contribution is 5.72. The van der Waals surface area contributed by atoms with E-state index in [9.17, 15) is 4.79 Å². The van der Waals surface area contributed by atoms with Crippen LogP contribution in [0.2, 0.25) is 0 Å². The van der Waals surface area contributed by atoms with E-state index in [1.165, 1.54) is 19.3 Å². The normalized spacial score (nSPS) is 28.5. The molecule has 3 nitrogen and oxygen atoms in total. The Morgan fingerprint density at radius 1 is 1.62 bits per heavy atom. The number of piperidine rings is 1. The third-order valence-corrected chi connectivity index (χ3v) is 2.82.